The van der Waals surface area contributed by atoms with E-state index >= 15 is 0 Å². The fourth-order valence-corrected chi connectivity index (χ4v) is 3.02. The number of rotatable bonds is 8. The lowest BCUT2D eigenvalue weighted by atomic mass is 10.2. The molecule has 0 aliphatic rings. The van der Waals surface area contributed by atoms with Crippen LogP contribution in [-0.2, 0) is 11.3 Å². The minimum atomic E-state index is -0.296. The minimum absolute atomic E-state index is 0.0684. The summed E-state index contributed by atoms with van der Waals surface area (Å²) in [6.45, 7) is 10.2. The van der Waals surface area contributed by atoms with E-state index in [-0.39, 0.29) is 11.2 Å². The second-order valence-corrected chi connectivity index (χ2v) is 6.75. The van der Waals surface area contributed by atoms with Gasteiger partial charge >= 0.3 is 0 Å². The van der Waals surface area contributed by atoms with Gasteiger partial charge in [-0.25, -0.2) is 0 Å². The van der Waals surface area contributed by atoms with Gasteiger partial charge in [0.2, 0.25) is 5.91 Å². The molecule has 2 rings (SSSR count). The Bertz CT molecular complexity index is 727. The number of carbonyl (C=O) groups excluding carboxylic acids is 1. The molecule has 0 aliphatic carbocycles. The average Bonchev–Trinajstić information content (AvgIpc) is 2.96. The van der Waals surface area contributed by atoms with E-state index in [2.05, 4.69) is 28.7 Å². The van der Waals surface area contributed by atoms with Crippen molar-refractivity contribution in [2.24, 2.45) is 0 Å². The van der Waals surface area contributed by atoms with Crippen LogP contribution in [0.1, 0.15) is 6.92 Å². The number of thioether (sulfide) groups is 1. The van der Waals surface area contributed by atoms with Gasteiger partial charge in [-0.05, 0) is 31.2 Å². The lowest BCUT2D eigenvalue weighted by molar-refractivity contribution is -0.120. The van der Waals surface area contributed by atoms with Crippen molar-refractivity contribution in [3.63, 3.8) is 0 Å². The first-order valence-electron chi connectivity index (χ1n) is 7.42. The topological polar surface area (TPSA) is 59.8 Å². The molecule has 1 amide bonds. The van der Waals surface area contributed by atoms with Crippen molar-refractivity contribution in [1.82, 2.24) is 20.1 Å². The second kappa shape index (κ2) is 8.70. The van der Waals surface area contributed by atoms with E-state index in [9.17, 15) is 4.79 Å². The van der Waals surface area contributed by atoms with E-state index in [4.69, 9.17) is 11.6 Å². The summed E-state index contributed by atoms with van der Waals surface area (Å²) in [6.07, 6.45) is 3.42. The predicted octanol–water partition coefficient (Wildman–Crippen LogP) is 3.57. The van der Waals surface area contributed by atoms with E-state index in [1.54, 1.807) is 12.2 Å². The summed E-state index contributed by atoms with van der Waals surface area (Å²) >= 11 is 7.29. The number of benzene rings is 1. The van der Waals surface area contributed by atoms with Crippen LogP contribution in [0, 0.1) is 0 Å². The Morgan fingerprint density at radius 3 is 2.67 bits per heavy atom. The zero-order valence-electron chi connectivity index (χ0n) is 13.4. The van der Waals surface area contributed by atoms with Crippen molar-refractivity contribution >= 4 is 29.3 Å². The molecule has 2 aromatic rings. The number of hydrogen-bond acceptors (Lipinski definition) is 4. The molecule has 0 fully saturated rings. The molecule has 0 saturated heterocycles. The van der Waals surface area contributed by atoms with E-state index in [1.165, 1.54) is 11.8 Å². The standard InChI is InChI=1S/C17H19ClN4OS/c1-4-10-19-16(23)12(3)24-17-21-20-15(22(17)11-5-2)13-6-8-14(18)9-7-13/h4-9,12H,1-2,10-11H2,3H3,(H,19,23)/t12-/m1/s1. The van der Waals surface area contributed by atoms with E-state index in [1.807, 2.05) is 35.8 Å². The van der Waals surface area contributed by atoms with Crippen LogP contribution in [-0.4, -0.2) is 32.5 Å². The number of allylic oxidation sites excluding steroid dienone is 1. The maximum absolute atomic E-state index is 12.0. The largest absolute Gasteiger partial charge is 0.352 e. The Kier molecular flexibility index (Phi) is 6.63. The van der Waals surface area contributed by atoms with Gasteiger partial charge in [-0.2, -0.15) is 0 Å². The van der Waals surface area contributed by atoms with Crippen LogP contribution < -0.4 is 5.32 Å². The highest BCUT2D eigenvalue weighted by atomic mass is 35.5. The number of halogens is 1. The first-order valence-corrected chi connectivity index (χ1v) is 8.68. The van der Waals surface area contributed by atoms with Crippen LogP contribution >= 0.6 is 23.4 Å². The second-order valence-electron chi connectivity index (χ2n) is 5.01. The SMILES string of the molecule is C=CCNC(=O)[C@@H](C)Sc1nnc(-c2ccc(Cl)cc2)n1CC=C. The molecule has 0 bridgehead atoms. The molecule has 1 heterocycles. The number of hydrogen-bond donors (Lipinski definition) is 1. The zero-order valence-corrected chi connectivity index (χ0v) is 15.0. The van der Waals surface area contributed by atoms with Crippen molar-refractivity contribution < 1.29 is 4.79 Å². The molecule has 1 atom stereocenters. The summed E-state index contributed by atoms with van der Waals surface area (Å²) in [5.41, 5.74) is 0.907. The number of aromatic nitrogens is 3. The summed E-state index contributed by atoms with van der Waals surface area (Å²) in [4.78, 5) is 12.0. The quantitative estimate of drug-likeness (QED) is 0.576. The van der Waals surface area contributed by atoms with Crippen molar-refractivity contribution in [2.45, 2.75) is 23.9 Å². The van der Waals surface area contributed by atoms with Gasteiger partial charge in [0, 0.05) is 23.7 Å². The summed E-state index contributed by atoms with van der Waals surface area (Å²) in [5, 5.41) is 12.3. The van der Waals surface area contributed by atoms with Crippen LogP contribution in [0.3, 0.4) is 0 Å². The third-order valence-electron chi connectivity index (χ3n) is 3.20. The number of carbonyl (C=O) groups is 1. The molecule has 0 saturated carbocycles. The molecule has 24 heavy (non-hydrogen) atoms. The van der Waals surface area contributed by atoms with Crippen molar-refractivity contribution in [3.8, 4) is 11.4 Å². The molecular formula is C17H19ClN4OS. The molecular weight excluding hydrogens is 344 g/mol. The van der Waals surface area contributed by atoms with Gasteiger partial charge in [0.15, 0.2) is 11.0 Å². The summed E-state index contributed by atoms with van der Waals surface area (Å²) in [7, 11) is 0. The third kappa shape index (κ3) is 4.49. The number of nitrogens with zero attached hydrogens (tertiary/aromatic N) is 3. The van der Waals surface area contributed by atoms with Crippen LogP contribution in [0.15, 0.2) is 54.7 Å². The molecule has 1 aromatic carbocycles. The molecule has 0 unspecified atom stereocenters. The molecule has 0 spiro atoms. The minimum Gasteiger partial charge on any atom is -0.352 e. The lowest BCUT2D eigenvalue weighted by Crippen LogP contribution is -2.31. The van der Waals surface area contributed by atoms with Crippen LogP contribution in [0.5, 0.6) is 0 Å². The fraction of sp³-hybridized carbons (Fsp3) is 0.235. The highest BCUT2D eigenvalue weighted by Gasteiger charge is 2.20. The van der Waals surface area contributed by atoms with E-state index in [0.717, 1.165) is 5.56 Å². The first-order chi connectivity index (χ1) is 11.6. The molecule has 0 radical (unpaired) electrons. The van der Waals surface area contributed by atoms with E-state index < -0.39 is 0 Å². The van der Waals surface area contributed by atoms with Gasteiger partial charge in [-0.3, -0.25) is 9.36 Å². The van der Waals surface area contributed by atoms with Crippen LogP contribution in [0.2, 0.25) is 5.02 Å². The van der Waals surface area contributed by atoms with E-state index in [0.29, 0.717) is 29.1 Å². The monoisotopic (exact) mass is 362 g/mol. The lowest BCUT2D eigenvalue weighted by Gasteiger charge is -2.12. The zero-order chi connectivity index (χ0) is 17.5. The van der Waals surface area contributed by atoms with Crippen molar-refractivity contribution in [1.29, 1.82) is 0 Å². The van der Waals surface area contributed by atoms with Crippen LogP contribution in [0.4, 0.5) is 0 Å². The summed E-state index contributed by atoms with van der Waals surface area (Å²) < 4.78 is 1.93. The van der Waals surface area contributed by atoms with Gasteiger partial charge < -0.3 is 5.32 Å². The van der Waals surface area contributed by atoms with Crippen molar-refractivity contribution in [2.75, 3.05) is 6.54 Å². The maximum atomic E-state index is 12.0. The molecule has 0 aliphatic heterocycles. The van der Waals surface area contributed by atoms with Gasteiger partial charge in [0.05, 0.1) is 5.25 Å². The van der Waals surface area contributed by atoms with Gasteiger partial charge in [0.1, 0.15) is 0 Å². The Balaban J connectivity index is 2.24. The Hall–Kier alpha value is -2.05. The van der Waals surface area contributed by atoms with Gasteiger partial charge in [-0.1, -0.05) is 35.5 Å². The van der Waals surface area contributed by atoms with Crippen molar-refractivity contribution in [3.05, 3.63) is 54.6 Å². The fourth-order valence-electron chi connectivity index (χ4n) is 2.01. The molecule has 5 nitrogen and oxygen atoms in total. The molecule has 7 heteroatoms. The molecule has 1 N–H and O–H groups in total. The maximum Gasteiger partial charge on any atom is 0.233 e. The highest BCUT2D eigenvalue weighted by Crippen LogP contribution is 2.27. The first kappa shape index (κ1) is 18.3. The smallest absolute Gasteiger partial charge is 0.233 e. The number of amides is 1. The average molecular weight is 363 g/mol. The Morgan fingerprint density at radius 1 is 1.33 bits per heavy atom. The highest BCUT2D eigenvalue weighted by molar-refractivity contribution is 8.00. The predicted molar refractivity (Wildman–Crippen MR) is 99.2 cm³/mol. The Labute approximate surface area is 150 Å². The summed E-state index contributed by atoms with van der Waals surface area (Å²) in [5.74, 6) is 0.647. The Morgan fingerprint density at radius 2 is 2.04 bits per heavy atom. The van der Waals surface area contributed by atoms with Crippen LogP contribution in [0.25, 0.3) is 11.4 Å². The van der Waals surface area contributed by atoms with Gasteiger partial charge in [-0.15, -0.1) is 23.4 Å². The summed E-state index contributed by atoms with van der Waals surface area (Å²) in [6, 6.07) is 7.39. The number of nitrogens with one attached hydrogen (secondary N) is 1. The molecule has 126 valence electrons. The molecule has 1 aromatic heterocycles. The van der Waals surface area contributed by atoms with Gasteiger partial charge in [0.25, 0.3) is 0 Å². The third-order valence-corrected chi connectivity index (χ3v) is 4.54. The normalized spacial score (nSPS) is 11.8.